The van der Waals surface area contributed by atoms with E-state index in [1.165, 1.54) is 5.67 Å². The van der Waals surface area contributed by atoms with Gasteiger partial charge in [-0.1, -0.05) is 0 Å². The van der Waals surface area contributed by atoms with Crippen molar-refractivity contribution in [2.45, 2.75) is 5.67 Å². The molecular formula is CH10N2Si2. The minimum atomic E-state index is -0.149. The van der Waals surface area contributed by atoms with Crippen molar-refractivity contribution in [2.24, 2.45) is 10.8 Å². The van der Waals surface area contributed by atoms with Crippen LogP contribution < -0.4 is 10.8 Å². The van der Waals surface area contributed by atoms with E-state index in [1.54, 1.807) is 0 Å². The van der Waals surface area contributed by atoms with Gasteiger partial charge in [-0.25, -0.2) is 0 Å². The minimum absolute atomic E-state index is 0.149. The molecule has 0 radical (unpaired) electrons. The first-order chi connectivity index (χ1) is 2.41. The third kappa shape index (κ3) is 4.35. The van der Waals surface area contributed by atoms with Crippen molar-refractivity contribution < 1.29 is 0 Å². The van der Waals surface area contributed by atoms with Crippen LogP contribution in [-0.4, -0.2) is 19.4 Å². The molecule has 5 heavy (non-hydrogen) atoms. The standard InChI is InChI=1S/CH10N2Si2/c2-4-1-5-3/h1-5H2. The maximum Gasteiger partial charge on any atom is 0.0868 e. The molecule has 0 aliphatic carbocycles. The summed E-state index contributed by atoms with van der Waals surface area (Å²) in [4.78, 5) is 0. The fourth-order valence-corrected chi connectivity index (χ4v) is 1.06. The van der Waals surface area contributed by atoms with Crippen molar-refractivity contribution in [3.8, 4) is 0 Å². The Kier molecular flexibility index (Phi) is 4.66. The topological polar surface area (TPSA) is 52.0 Å². The van der Waals surface area contributed by atoms with Gasteiger partial charge in [0.05, 0.1) is 19.4 Å². The van der Waals surface area contributed by atoms with Gasteiger partial charge in [0, 0.05) is 0 Å². The lowest BCUT2D eigenvalue weighted by molar-refractivity contribution is 1.74. The van der Waals surface area contributed by atoms with Gasteiger partial charge in [-0.2, -0.15) is 0 Å². The van der Waals surface area contributed by atoms with Crippen LogP contribution in [-0.2, 0) is 0 Å². The predicted octanol–water partition coefficient (Wildman–Crippen LogP) is -2.55. The molecule has 32 valence electrons. The van der Waals surface area contributed by atoms with E-state index in [0.717, 1.165) is 0 Å². The first-order valence-corrected chi connectivity index (χ1v) is 5.45. The van der Waals surface area contributed by atoms with Crippen LogP contribution in [0.1, 0.15) is 0 Å². The van der Waals surface area contributed by atoms with Crippen LogP contribution in [0.15, 0.2) is 0 Å². The molecule has 0 aromatic heterocycles. The summed E-state index contributed by atoms with van der Waals surface area (Å²) >= 11 is 0. The summed E-state index contributed by atoms with van der Waals surface area (Å²) in [6, 6.07) is 0. The van der Waals surface area contributed by atoms with Crippen LogP contribution >= 0.6 is 0 Å². The lowest BCUT2D eigenvalue weighted by Gasteiger charge is -1.77. The van der Waals surface area contributed by atoms with E-state index < -0.39 is 0 Å². The largest absolute Gasteiger partial charge is 0.356 e. The number of hydrogen-bond acceptors (Lipinski definition) is 2. The van der Waals surface area contributed by atoms with Gasteiger partial charge in [0.1, 0.15) is 0 Å². The highest BCUT2D eigenvalue weighted by Crippen LogP contribution is 1.53. The van der Waals surface area contributed by atoms with Crippen molar-refractivity contribution >= 4 is 19.4 Å². The van der Waals surface area contributed by atoms with Crippen LogP contribution in [0.3, 0.4) is 0 Å². The Hall–Kier alpha value is 0.354. The molecule has 0 saturated carbocycles. The fourth-order valence-electron chi connectivity index (χ4n) is 0.118. The first-order valence-electron chi connectivity index (χ1n) is 1.82. The quantitative estimate of drug-likeness (QED) is 0.381. The number of hydrogen-bond donors (Lipinski definition) is 2. The van der Waals surface area contributed by atoms with Gasteiger partial charge in [-0.05, 0) is 5.67 Å². The van der Waals surface area contributed by atoms with Crippen molar-refractivity contribution in [3.63, 3.8) is 0 Å². The number of rotatable bonds is 2. The molecule has 0 aromatic carbocycles. The van der Waals surface area contributed by atoms with Crippen LogP contribution in [0, 0.1) is 0 Å². The summed E-state index contributed by atoms with van der Waals surface area (Å²) in [6.07, 6.45) is 0. The Labute approximate surface area is 36.7 Å². The van der Waals surface area contributed by atoms with E-state index in [0.29, 0.717) is 0 Å². The molecule has 0 unspecified atom stereocenters. The van der Waals surface area contributed by atoms with Crippen molar-refractivity contribution in [3.05, 3.63) is 0 Å². The molecule has 0 rings (SSSR count). The zero-order valence-corrected chi connectivity index (χ0v) is 6.10. The molecule has 4 heteroatoms. The molecule has 0 heterocycles. The van der Waals surface area contributed by atoms with Gasteiger partial charge in [-0.3, -0.25) is 0 Å². The Balaban J connectivity index is 2.19. The average molecular weight is 106 g/mol. The van der Waals surface area contributed by atoms with Gasteiger partial charge in [-0.15, -0.1) is 0 Å². The normalized spacial score (nSPS) is 13.2. The molecule has 0 aliphatic rings. The van der Waals surface area contributed by atoms with Crippen LogP contribution in [0.4, 0.5) is 0 Å². The molecule has 0 bridgehead atoms. The van der Waals surface area contributed by atoms with Gasteiger partial charge in [0.25, 0.3) is 0 Å². The summed E-state index contributed by atoms with van der Waals surface area (Å²) in [5.74, 6) is 0. The molecule has 0 aromatic rings. The van der Waals surface area contributed by atoms with Crippen molar-refractivity contribution in [1.82, 2.24) is 0 Å². The SMILES string of the molecule is N[SiH2]C[SiH2]N. The molecule has 0 atom stereocenters. The molecule has 0 spiro atoms. The van der Waals surface area contributed by atoms with E-state index in [1.807, 2.05) is 0 Å². The molecule has 0 aliphatic heterocycles. The van der Waals surface area contributed by atoms with E-state index >= 15 is 0 Å². The molecule has 0 fully saturated rings. The predicted molar refractivity (Wildman–Crippen MR) is 30.3 cm³/mol. The highest BCUT2D eigenvalue weighted by Gasteiger charge is 1.71. The maximum absolute atomic E-state index is 5.23. The van der Waals surface area contributed by atoms with E-state index in [2.05, 4.69) is 0 Å². The highest BCUT2D eigenvalue weighted by atomic mass is 28.3. The van der Waals surface area contributed by atoms with E-state index in [9.17, 15) is 0 Å². The zero-order chi connectivity index (χ0) is 4.12. The second kappa shape index (κ2) is 4.35. The Morgan fingerprint density at radius 1 is 1.20 bits per heavy atom. The summed E-state index contributed by atoms with van der Waals surface area (Å²) < 4.78 is 0. The first kappa shape index (κ1) is 5.35. The second-order valence-electron chi connectivity index (χ2n) is 0.931. The summed E-state index contributed by atoms with van der Waals surface area (Å²) in [5, 5.41) is 10.5. The fraction of sp³-hybridized carbons (Fsp3) is 1.00. The summed E-state index contributed by atoms with van der Waals surface area (Å²) in [6.45, 7) is 0. The van der Waals surface area contributed by atoms with Crippen LogP contribution in [0.25, 0.3) is 0 Å². The molecule has 2 nitrogen and oxygen atoms in total. The van der Waals surface area contributed by atoms with Crippen LogP contribution in [0.5, 0.6) is 0 Å². The Morgan fingerprint density at radius 3 is 1.60 bits per heavy atom. The van der Waals surface area contributed by atoms with Gasteiger partial charge < -0.3 is 10.8 Å². The zero-order valence-electron chi connectivity index (χ0n) is 3.28. The Bertz CT molecular complexity index is 15.1. The smallest absolute Gasteiger partial charge is 0.0868 e. The van der Waals surface area contributed by atoms with Gasteiger partial charge >= 0.3 is 0 Å². The highest BCUT2D eigenvalue weighted by molar-refractivity contribution is 6.51. The molecular weight excluding hydrogens is 96.2 g/mol. The van der Waals surface area contributed by atoms with Crippen molar-refractivity contribution in [2.75, 3.05) is 0 Å². The van der Waals surface area contributed by atoms with Crippen LogP contribution in [0.2, 0.25) is 5.67 Å². The van der Waals surface area contributed by atoms with Gasteiger partial charge in [0.15, 0.2) is 0 Å². The molecule has 4 N–H and O–H groups in total. The van der Waals surface area contributed by atoms with Crippen molar-refractivity contribution in [1.29, 1.82) is 0 Å². The minimum Gasteiger partial charge on any atom is -0.356 e. The lowest BCUT2D eigenvalue weighted by Crippen LogP contribution is -2.13. The maximum atomic E-state index is 5.23. The van der Waals surface area contributed by atoms with E-state index in [-0.39, 0.29) is 19.4 Å². The molecule has 0 amide bonds. The Morgan fingerprint density at radius 2 is 1.60 bits per heavy atom. The number of nitrogens with two attached hydrogens (primary N) is 2. The third-order valence-corrected chi connectivity index (χ3v) is 3.67. The van der Waals surface area contributed by atoms with Gasteiger partial charge in [0.2, 0.25) is 0 Å². The third-order valence-electron chi connectivity index (χ3n) is 0.408. The second-order valence-corrected chi connectivity index (χ2v) is 4.91. The summed E-state index contributed by atoms with van der Waals surface area (Å²) in [5.41, 5.74) is 1.22. The van der Waals surface area contributed by atoms with E-state index in [4.69, 9.17) is 10.8 Å². The lowest BCUT2D eigenvalue weighted by atomic mass is 11.9. The molecule has 0 saturated heterocycles. The summed E-state index contributed by atoms with van der Waals surface area (Å²) in [7, 11) is -0.299. The monoisotopic (exact) mass is 106 g/mol. The average Bonchev–Trinajstić information content (AvgIpc) is 1.41.